The molecule has 0 fully saturated rings. The Labute approximate surface area is 65.7 Å². The van der Waals surface area contributed by atoms with E-state index in [4.69, 9.17) is 0 Å². The average Bonchev–Trinajstić information content (AvgIpc) is 2.84. The highest BCUT2D eigenvalue weighted by Gasteiger charge is 2.21. The molecule has 62 valence electrons. The lowest BCUT2D eigenvalue weighted by Crippen LogP contribution is -2.02. The van der Waals surface area contributed by atoms with Crippen molar-refractivity contribution in [3.8, 4) is 0 Å². The van der Waals surface area contributed by atoms with Crippen molar-refractivity contribution in [2.75, 3.05) is 0 Å². The van der Waals surface area contributed by atoms with Gasteiger partial charge in [-0.25, -0.2) is 13.2 Å². The molecule has 0 atom stereocenters. The van der Waals surface area contributed by atoms with Crippen molar-refractivity contribution in [3.63, 3.8) is 0 Å². The Morgan fingerprint density at radius 3 is 2.33 bits per heavy atom. The zero-order valence-corrected chi connectivity index (χ0v) is 5.74. The number of benzene rings is 1. The van der Waals surface area contributed by atoms with Gasteiger partial charge >= 0.3 is 0 Å². The zero-order chi connectivity index (χ0) is 8.72. The van der Waals surface area contributed by atoms with E-state index in [-0.39, 0.29) is 11.4 Å². The van der Waals surface area contributed by atoms with Crippen molar-refractivity contribution in [2.24, 2.45) is 5.10 Å². The van der Waals surface area contributed by atoms with Gasteiger partial charge in [-0.1, -0.05) is 0 Å². The molecule has 0 aliphatic carbocycles. The van der Waals surface area contributed by atoms with E-state index in [9.17, 15) is 13.2 Å². The summed E-state index contributed by atoms with van der Waals surface area (Å²) in [4.78, 5) is 0. The van der Waals surface area contributed by atoms with E-state index < -0.39 is 17.5 Å². The van der Waals surface area contributed by atoms with Crippen LogP contribution in [0.1, 0.15) is 5.56 Å². The van der Waals surface area contributed by atoms with Gasteiger partial charge in [0.2, 0.25) is 0 Å². The van der Waals surface area contributed by atoms with Crippen molar-refractivity contribution < 1.29 is 13.2 Å². The lowest BCUT2D eigenvalue weighted by molar-refractivity contribution is 0.446. The monoisotopic (exact) mass is 172 g/mol. The number of rotatable bonds is 1. The summed E-state index contributed by atoms with van der Waals surface area (Å²) in [7, 11) is 0. The number of hydrogen-bond donors (Lipinski definition) is 1. The molecule has 0 radical (unpaired) electrons. The van der Waals surface area contributed by atoms with Crippen LogP contribution in [0, 0.1) is 17.5 Å². The molecular weight excluding hydrogens is 169 g/mol. The van der Waals surface area contributed by atoms with Gasteiger partial charge < -0.3 is 0 Å². The van der Waals surface area contributed by atoms with Gasteiger partial charge in [-0.3, -0.25) is 5.43 Å². The number of hydrazone groups is 1. The molecule has 0 unspecified atom stereocenters. The highest BCUT2D eigenvalue weighted by Crippen LogP contribution is 2.17. The normalized spacial score (nSPS) is 13.8. The van der Waals surface area contributed by atoms with Gasteiger partial charge in [0.1, 0.15) is 0 Å². The summed E-state index contributed by atoms with van der Waals surface area (Å²) >= 11 is 0. The SMILES string of the molecule is Fc1ccc(C2=NN2)c(F)c1F. The molecule has 0 amide bonds. The highest BCUT2D eigenvalue weighted by atomic mass is 19.2. The second-order valence-electron chi connectivity index (χ2n) is 2.30. The minimum atomic E-state index is -1.47. The molecule has 0 saturated carbocycles. The Morgan fingerprint density at radius 1 is 1.08 bits per heavy atom. The molecule has 1 aliphatic heterocycles. The van der Waals surface area contributed by atoms with Crippen molar-refractivity contribution in [3.05, 3.63) is 35.1 Å². The van der Waals surface area contributed by atoms with E-state index in [1.807, 2.05) is 0 Å². The Hall–Kier alpha value is -1.52. The lowest BCUT2D eigenvalue weighted by atomic mass is 10.2. The predicted octanol–water partition coefficient (Wildman–Crippen LogP) is 1.37. The smallest absolute Gasteiger partial charge is 0.195 e. The third-order valence-electron chi connectivity index (χ3n) is 1.51. The Kier molecular flexibility index (Phi) is 1.33. The van der Waals surface area contributed by atoms with Crippen LogP contribution in [0.4, 0.5) is 13.2 Å². The van der Waals surface area contributed by atoms with Crippen molar-refractivity contribution >= 4 is 5.84 Å². The minimum Gasteiger partial charge on any atom is -0.257 e. The van der Waals surface area contributed by atoms with Crippen LogP contribution in [0.15, 0.2) is 17.2 Å². The third kappa shape index (κ3) is 0.939. The maximum absolute atomic E-state index is 12.8. The quantitative estimate of drug-likeness (QED) is 0.638. The Morgan fingerprint density at radius 2 is 1.75 bits per heavy atom. The molecule has 1 aromatic rings. The lowest BCUT2D eigenvalue weighted by Gasteiger charge is -1.97. The molecule has 1 N–H and O–H groups in total. The predicted molar refractivity (Wildman–Crippen MR) is 36.0 cm³/mol. The van der Waals surface area contributed by atoms with Crippen LogP contribution in [-0.4, -0.2) is 5.84 Å². The van der Waals surface area contributed by atoms with Crippen molar-refractivity contribution in [2.45, 2.75) is 0 Å². The zero-order valence-electron chi connectivity index (χ0n) is 5.74. The summed E-state index contributed by atoms with van der Waals surface area (Å²) in [6.07, 6.45) is 0. The Balaban J connectivity index is 2.57. The molecule has 5 heteroatoms. The molecule has 1 aliphatic rings. The maximum atomic E-state index is 12.8. The summed E-state index contributed by atoms with van der Waals surface area (Å²) < 4.78 is 37.7. The van der Waals surface area contributed by atoms with E-state index in [1.54, 1.807) is 0 Å². The molecular formula is C7H3F3N2. The van der Waals surface area contributed by atoms with Gasteiger partial charge in [0, 0.05) is 0 Å². The molecule has 2 nitrogen and oxygen atoms in total. The highest BCUT2D eigenvalue weighted by molar-refractivity contribution is 6.05. The van der Waals surface area contributed by atoms with Gasteiger partial charge in [0.25, 0.3) is 0 Å². The number of hydrogen-bond acceptors (Lipinski definition) is 2. The van der Waals surface area contributed by atoms with Gasteiger partial charge in [-0.2, -0.15) is 5.10 Å². The first-order valence-electron chi connectivity index (χ1n) is 3.17. The molecule has 0 saturated heterocycles. The fourth-order valence-corrected chi connectivity index (χ4v) is 0.857. The third-order valence-corrected chi connectivity index (χ3v) is 1.51. The fraction of sp³-hybridized carbons (Fsp3) is 0. The first kappa shape index (κ1) is 7.15. The van der Waals surface area contributed by atoms with Gasteiger partial charge in [0.15, 0.2) is 23.3 Å². The van der Waals surface area contributed by atoms with Gasteiger partial charge in [-0.05, 0) is 12.1 Å². The second-order valence-corrected chi connectivity index (χ2v) is 2.30. The standard InChI is InChI=1S/C7H3F3N2/c8-4-2-1-3(7-11-12-7)5(9)6(4)10/h1-2H,(H,11,12). The number of nitrogens with zero attached hydrogens (tertiary/aromatic N) is 1. The first-order chi connectivity index (χ1) is 5.70. The fourth-order valence-electron chi connectivity index (χ4n) is 0.857. The molecule has 1 heterocycles. The molecule has 2 rings (SSSR count). The largest absolute Gasteiger partial charge is 0.257 e. The van der Waals surface area contributed by atoms with Gasteiger partial charge in [-0.15, -0.1) is 0 Å². The molecule has 12 heavy (non-hydrogen) atoms. The van der Waals surface area contributed by atoms with E-state index in [2.05, 4.69) is 10.5 Å². The van der Waals surface area contributed by atoms with Crippen LogP contribution in [-0.2, 0) is 0 Å². The summed E-state index contributed by atoms with van der Waals surface area (Å²) in [6.45, 7) is 0. The topological polar surface area (TPSA) is 34.3 Å². The molecule has 1 aromatic carbocycles. The second kappa shape index (κ2) is 2.23. The number of nitrogens with one attached hydrogen (secondary N) is 1. The summed E-state index contributed by atoms with van der Waals surface area (Å²) in [6, 6.07) is 1.99. The van der Waals surface area contributed by atoms with Crippen LogP contribution in [0.5, 0.6) is 0 Å². The summed E-state index contributed by atoms with van der Waals surface area (Å²) in [5, 5.41) is 3.44. The van der Waals surface area contributed by atoms with Gasteiger partial charge in [0.05, 0.1) is 5.56 Å². The minimum absolute atomic E-state index is 0.0473. The van der Waals surface area contributed by atoms with Crippen LogP contribution in [0.2, 0.25) is 0 Å². The van der Waals surface area contributed by atoms with E-state index in [0.717, 1.165) is 12.1 Å². The van der Waals surface area contributed by atoms with E-state index in [1.165, 1.54) is 0 Å². The molecule has 0 aromatic heterocycles. The van der Waals surface area contributed by atoms with E-state index in [0.29, 0.717) is 0 Å². The summed E-state index contributed by atoms with van der Waals surface area (Å²) in [5.74, 6) is -3.63. The maximum Gasteiger partial charge on any atom is 0.195 e. The number of amidine groups is 1. The van der Waals surface area contributed by atoms with Crippen LogP contribution in [0.3, 0.4) is 0 Å². The van der Waals surface area contributed by atoms with Crippen LogP contribution in [0.25, 0.3) is 0 Å². The van der Waals surface area contributed by atoms with Crippen LogP contribution < -0.4 is 5.43 Å². The average molecular weight is 172 g/mol. The molecule has 0 bridgehead atoms. The Bertz CT molecular complexity index is 373. The van der Waals surface area contributed by atoms with Crippen LogP contribution >= 0.6 is 0 Å². The van der Waals surface area contributed by atoms with Crippen molar-refractivity contribution in [1.82, 2.24) is 5.43 Å². The van der Waals surface area contributed by atoms with Crippen molar-refractivity contribution in [1.29, 1.82) is 0 Å². The first-order valence-corrected chi connectivity index (χ1v) is 3.17. The number of halogens is 3. The summed E-state index contributed by atoms with van der Waals surface area (Å²) in [5.41, 5.74) is 2.30. The molecule has 0 spiro atoms. The van der Waals surface area contributed by atoms with E-state index >= 15 is 0 Å².